The second kappa shape index (κ2) is 9.98. The first kappa shape index (κ1) is 22.2. The largest absolute Gasteiger partial charge is 0.507 e. The van der Waals surface area contributed by atoms with Crippen molar-refractivity contribution in [3.05, 3.63) is 83.4 Å². The molecule has 0 radical (unpaired) electrons. The third-order valence-corrected chi connectivity index (χ3v) is 4.16. The Hall–Kier alpha value is -5.53. The molecule has 0 unspecified atom stereocenters. The Kier molecular flexibility index (Phi) is 6.71. The van der Waals surface area contributed by atoms with Crippen LogP contribution in [0.2, 0.25) is 0 Å². The number of nitriles is 2. The molecule has 0 bridgehead atoms. The van der Waals surface area contributed by atoms with Gasteiger partial charge in [0.15, 0.2) is 0 Å². The molecule has 1 aromatic carbocycles. The van der Waals surface area contributed by atoms with Crippen molar-refractivity contribution in [1.29, 1.82) is 10.5 Å². The summed E-state index contributed by atoms with van der Waals surface area (Å²) in [6, 6.07) is 14.4. The summed E-state index contributed by atoms with van der Waals surface area (Å²) in [5, 5.41) is 43.8. The molecular weight excluding hydrogens is 422 g/mol. The number of pyridine rings is 2. The molecule has 3 heterocycles. The van der Waals surface area contributed by atoms with E-state index in [0.29, 0.717) is 33.9 Å². The van der Waals surface area contributed by atoms with Gasteiger partial charge >= 0.3 is 5.97 Å². The van der Waals surface area contributed by atoms with Crippen LogP contribution in [-0.4, -0.2) is 41.1 Å². The van der Waals surface area contributed by atoms with E-state index >= 15 is 0 Å². The SMILES string of the molecule is C#Cc1cc(C#N)ccn1.N#Cc1ccnc(-c2cn(-c3ccc(C(=O)O)c(O)c3)nn2)c1. The zero-order chi connectivity index (χ0) is 23.8. The molecule has 10 heteroatoms. The Morgan fingerprint density at radius 2 is 1.67 bits per heavy atom. The lowest BCUT2D eigenvalue weighted by molar-refractivity contribution is 0.0693. The van der Waals surface area contributed by atoms with E-state index in [-0.39, 0.29) is 11.3 Å². The number of carboxylic acids is 1. The number of hydrogen-bond acceptors (Lipinski definition) is 8. The smallest absolute Gasteiger partial charge is 0.339 e. The molecule has 158 valence electrons. The summed E-state index contributed by atoms with van der Waals surface area (Å²) in [6.45, 7) is 0. The van der Waals surface area contributed by atoms with E-state index in [2.05, 4.69) is 26.2 Å². The maximum atomic E-state index is 10.9. The monoisotopic (exact) mass is 435 g/mol. The zero-order valence-electron chi connectivity index (χ0n) is 16.8. The normalized spacial score (nSPS) is 9.48. The maximum Gasteiger partial charge on any atom is 0.339 e. The number of benzene rings is 1. The van der Waals surface area contributed by atoms with Gasteiger partial charge in [0.05, 0.1) is 40.8 Å². The van der Waals surface area contributed by atoms with Crippen LogP contribution in [0.15, 0.2) is 61.1 Å². The van der Waals surface area contributed by atoms with Crippen LogP contribution in [0, 0.1) is 35.0 Å². The van der Waals surface area contributed by atoms with Crippen LogP contribution in [-0.2, 0) is 0 Å². The zero-order valence-corrected chi connectivity index (χ0v) is 16.8. The van der Waals surface area contributed by atoms with E-state index in [1.54, 1.807) is 30.5 Å². The summed E-state index contributed by atoms with van der Waals surface area (Å²) in [6.07, 6.45) is 9.64. The molecule has 0 aliphatic heterocycles. The third kappa shape index (κ3) is 5.34. The predicted octanol–water partition coefficient (Wildman–Crippen LogP) is 2.54. The summed E-state index contributed by atoms with van der Waals surface area (Å²) in [5.74, 6) is 0.758. The summed E-state index contributed by atoms with van der Waals surface area (Å²) in [4.78, 5) is 18.8. The van der Waals surface area contributed by atoms with Crippen molar-refractivity contribution in [2.45, 2.75) is 0 Å². The first-order valence-corrected chi connectivity index (χ1v) is 9.13. The summed E-state index contributed by atoms with van der Waals surface area (Å²) < 4.78 is 1.38. The van der Waals surface area contributed by atoms with Gasteiger partial charge in [-0.3, -0.25) is 4.98 Å². The number of rotatable bonds is 3. The molecule has 33 heavy (non-hydrogen) atoms. The molecule has 0 saturated carbocycles. The van der Waals surface area contributed by atoms with E-state index in [0.717, 1.165) is 0 Å². The Labute approximate surface area is 187 Å². The number of carbonyl (C=O) groups is 1. The van der Waals surface area contributed by atoms with E-state index in [4.69, 9.17) is 22.1 Å². The molecule has 4 aromatic rings. The topological polar surface area (TPSA) is 162 Å². The molecule has 0 amide bonds. The van der Waals surface area contributed by atoms with Gasteiger partial charge in [-0.2, -0.15) is 10.5 Å². The molecule has 0 saturated heterocycles. The average molecular weight is 435 g/mol. The molecular formula is C23H13N7O3. The van der Waals surface area contributed by atoms with Gasteiger partial charge in [0, 0.05) is 18.5 Å². The fourth-order valence-corrected chi connectivity index (χ4v) is 2.57. The highest BCUT2D eigenvalue weighted by Crippen LogP contribution is 2.22. The van der Waals surface area contributed by atoms with Crippen molar-refractivity contribution in [2.75, 3.05) is 0 Å². The second-order valence-corrected chi connectivity index (χ2v) is 6.28. The minimum atomic E-state index is -1.22. The molecule has 0 atom stereocenters. The fourth-order valence-electron chi connectivity index (χ4n) is 2.57. The summed E-state index contributed by atoms with van der Waals surface area (Å²) in [7, 11) is 0. The molecule has 0 spiro atoms. The first-order chi connectivity index (χ1) is 15.9. The molecule has 4 rings (SSSR count). The van der Waals surface area contributed by atoms with Gasteiger partial charge in [0.25, 0.3) is 0 Å². The van der Waals surface area contributed by atoms with Crippen LogP contribution in [0.4, 0.5) is 0 Å². The lowest BCUT2D eigenvalue weighted by Crippen LogP contribution is -1.99. The number of nitrogens with zero attached hydrogens (tertiary/aromatic N) is 7. The van der Waals surface area contributed by atoms with Crippen LogP contribution in [0.1, 0.15) is 27.2 Å². The van der Waals surface area contributed by atoms with Gasteiger partial charge in [-0.25, -0.2) is 14.5 Å². The van der Waals surface area contributed by atoms with E-state index in [9.17, 15) is 9.90 Å². The predicted molar refractivity (Wildman–Crippen MR) is 115 cm³/mol. The number of carboxylic acid groups (broad SMARTS) is 1. The van der Waals surface area contributed by atoms with Crippen molar-refractivity contribution in [2.24, 2.45) is 0 Å². The van der Waals surface area contributed by atoms with Crippen molar-refractivity contribution < 1.29 is 15.0 Å². The van der Waals surface area contributed by atoms with E-state index in [1.807, 2.05) is 12.1 Å². The number of aromatic hydroxyl groups is 1. The molecule has 0 aliphatic carbocycles. The average Bonchev–Trinajstić information content (AvgIpc) is 3.34. The van der Waals surface area contributed by atoms with Crippen LogP contribution >= 0.6 is 0 Å². The van der Waals surface area contributed by atoms with Gasteiger partial charge in [-0.15, -0.1) is 11.5 Å². The van der Waals surface area contributed by atoms with Crippen molar-refractivity contribution in [3.8, 4) is 47.3 Å². The number of hydrogen-bond donors (Lipinski definition) is 2. The highest BCUT2D eigenvalue weighted by atomic mass is 16.4. The Morgan fingerprint density at radius 3 is 2.30 bits per heavy atom. The Balaban J connectivity index is 0.000000257. The van der Waals surface area contributed by atoms with Gasteiger partial charge in [-0.1, -0.05) is 11.1 Å². The minimum absolute atomic E-state index is 0.197. The second-order valence-electron chi connectivity index (χ2n) is 6.28. The van der Waals surface area contributed by atoms with Crippen LogP contribution in [0.5, 0.6) is 5.75 Å². The highest BCUT2D eigenvalue weighted by molar-refractivity contribution is 5.91. The van der Waals surface area contributed by atoms with Gasteiger partial charge in [0.1, 0.15) is 22.7 Å². The molecule has 0 aliphatic rings. The highest BCUT2D eigenvalue weighted by Gasteiger charge is 2.12. The quantitative estimate of drug-likeness (QED) is 0.460. The number of phenols is 1. The first-order valence-electron chi connectivity index (χ1n) is 9.13. The standard InChI is InChI=1S/C15H9N5O3.C8H4N2/c16-7-9-3-4-17-12(5-9)13-8-20(19-18-13)10-1-2-11(15(22)23)14(21)6-10;1-2-8-5-7(6-9)3-4-10-8/h1-6,8,21H,(H,22,23);1,3-5H. The van der Waals surface area contributed by atoms with Crippen molar-refractivity contribution in [1.82, 2.24) is 25.0 Å². The van der Waals surface area contributed by atoms with E-state index < -0.39 is 5.97 Å². The van der Waals surface area contributed by atoms with Gasteiger partial charge < -0.3 is 10.2 Å². The summed E-state index contributed by atoms with van der Waals surface area (Å²) >= 11 is 0. The lowest BCUT2D eigenvalue weighted by atomic mass is 10.2. The van der Waals surface area contributed by atoms with Gasteiger partial charge in [0.2, 0.25) is 0 Å². The number of aromatic carboxylic acids is 1. The molecule has 10 nitrogen and oxygen atoms in total. The molecule has 2 N–H and O–H groups in total. The minimum Gasteiger partial charge on any atom is -0.507 e. The van der Waals surface area contributed by atoms with Gasteiger partial charge in [-0.05, 0) is 36.4 Å². The Morgan fingerprint density at radius 1 is 0.970 bits per heavy atom. The summed E-state index contributed by atoms with van der Waals surface area (Å²) in [5.41, 5.74) is 2.68. The molecule has 0 fully saturated rings. The Bertz CT molecular complexity index is 1430. The van der Waals surface area contributed by atoms with E-state index in [1.165, 1.54) is 35.3 Å². The van der Waals surface area contributed by atoms with Crippen LogP contribution in [0.3, 0.4) is 0 Å². The van der Waals surface area contributed by atoms with Crippen LogP contribution < -0.4 is 0 Å². The van der Waals surface area contributed by atoms with Crippen molar-refractivity contribution in [3.63, 3.8) is 0 Å². The fraction of sp³-hybridized carbons (Fsp3) is 0. The van der Waals surface area contributed by atoms with Crippen LogP contribution in [0.25, 0.3) is 17.1 Å². The molecule has 3 aromatic heterocycles. The number of aromatic nitrogens is 5. The lowest BCUT2D eigenvalue weighted by Gasteiger charge is -2.03. The third-order valence-electron chi connectivity index (χ3n) is 4.16. The maximum absolute atomic E-state index is 10.9. The van der Waals surface area contributed by atoms with Crippen molar-refractivity contribution >= 4 is 5.97 Å². The number of terminal acetylenes is 1.